The first-order chi connectivity index (χ1) is 12.9. The van der Waals surface area contributed by atoms with Gasteiger partial charge in [0.15, 0.2) is 0 Å². The maximum absolute atomic E-state index is 12.5. The van der Waals surface area contributed by atoms with Crippen molar-refractivity contribution in [2.24, 2.45) is 17.6 Å². The van der Waals surface area contributed by atoms with Gasteiger partial charge in [0.05, 0.1) is 13.2 Å². The number of nitrogens with two attached hydrogens (primary N) is 1. The first-order valence-corrected chi connectivity index (χ1v) is 9.63. The highest BCUT2D eigenvalue weighted by Gasteiger charge is 2.28. The van der Waals surface area contributed by atoms with Crippen LogP contribution in [0, 0.1) is 11.8 Å². The Morgan fingerprint density at radius 2 is 1.25 bits per heavy atom. The van der Waals surface area contributed by atoms with Gasteiger partial charge < -0.3 is 26.4 Å². The van der Waals surface area contributed by atoms with Crippen LogP contribution in [-0.2, 0) is 23.9 Å². The molecule has 0 aromatic heterocycles. The zero-order chi connectivity index (χ0) is 22.0. The molecule has 3 amide bonds. The number of hydrogen-bond acceptors (Lipinski definition) is 6. The fourth-order valence-corrected chi connectivity index (χ4v) is 2.55. The number of esters is 1. The van der Waals surface area contributed by atoms with Gasteiger partial charge in [0.1, 0.15) is 18.1 Å². The van der Waals surface area contributed by atoms with Crippen LogP contribution in [0.1, 0.15) is 54.4 Å². The van der Waals surface area contributed by atoms with Crippen LogP contribution in [0.25, 0.3) is 0 Å². The second kappa shape index (κ2) is 12.3. The molecule has 0 radical (unpaired) electrons. The molecule has 9 nitrogen and oxygen atoms in total. The maximum Gasteiger partial charge on any atom is 0.328 e. The molecular formula is C19H36N4O5. The van der Waals surface area contributed by atoms with E-state index in [0.717, 1.165) is 0 Å². The third kappa shape index (κ3) is 9.68. The zero-order valence-corrected chi connectivity index (χ0v) is 18.0. The van der Waals surface area contributed by atoms with Crippen LogP contribution in [0.3, 0.4) is 0 Å². The summed E-state index contributed by atoms with van der Waals surface area (Å²) in [6.07, 6.45) is 0.878. The monoisotopic (exact) mass is 400 g/mol. The van der Waals surface area contributed by atoms with Crippen molar-refractivity contribution in [2.75, 3.05) is 7.11 Å². The summed E-state index contributed by atoms with van der Waals surface area (Å²) in [4.78, 5) is 48.5. The van der Waals surface area contributed by atoms with Gasteiger partial charge in [-0.25, -0.2) is 4.79 Å². The van der Waals surface area contributed by atoms with Crippen molar-refractivity contribution in [3.05, 3.63) is 0 Å². The second-order valence-corrected chi connectivity index (χ2v) is 7.91. The van der Waals surface area contributed by atoms with E-state index in [2.05, 4.69) is 20.7 Å². The number of rotatable bonds is 11. The molecule has 0 aliphatic rings. The third-order valence-electron chi connectivity index (χ3n) is 4.07. The number of nitrogens with one attached hydrogen (secondary N) is 3. The number of methoxy groups -OCH3 is 1. The van der Waals surface area contributed by atoms with Crippen molar-refractivity contribution in [3.8, 4) is 0 Å². The molecule has 0 aromatic rings. The molecule has 0 aliphatic carbocycles. The Labute approximate surface area is 167 Å². The molecule has 4 atom stereocenters. The van der Waals surface area contributed by atoms with Gasteiger partial charge in [-0.2, -0.15) is 0 Å². The predicted octanol–water partition coefficient (Wildman–Crippen LogP) is 0.0731. The van der Waals surface area contributed by atoms with Crippen LogP contribution in [0.5, 0.6) is 0 Å². The van der Waals surface area contributed by atoms with E-state index in [1.165, 1.54) is 21.0 Å². The summed E-state index contributed by atoms with van der Waals surface area (Å²) in [5.74, 6) is -1.62. The molecule has 5 N–H and O–H groups in total. The molecular weight excluding hydrogens is 364 g/mol. The SMILES string of the molecule is COC(=O)[C@H](C)NC(=O)[C@H](CC(C)C)NC(=O)[C@H](C)NC(=O)[C@@H](N)CC(C)C. The molecule has 0 spiro atoms. The Morgan fingerprint density at radius 3 is 1.71 bits per heavy atom. The lowest BCUT2D eigenvalue weighted by atomic mass is 10.0. The summed E-state index contributed by atoms with van der Waals surface area (Å²) < 4.78 is 4.59. The van der Waals surface area contributed by atoms with Gasteiger partial charge in [-0.3, -0.25) is 14.4 Å². The van der Waals surface area contributed by atoms with Gasteiger partial charge in [-0.05, 0) is 38.5 Å². The molecule has 0 fully saturated rings. The maximum atomic E-state index is 12.5. The molecule has 9 heteroatoms. The van der Waals surface area contributed by atoms with E-state index in [-0.39, 0.29) is 11.8 Å². The van der Waals surface area contributed by atoms with E-state index in [1.807, 2.05) is 27.7 Å². The average Bonchev–Trinajstić information content (AvgIpc) is 2.58. The van der Waals surface area contributed by atoms with Crippen molar-refractivity contribution in [1.82, 2.24) is 16.0 Å². The Bertz CT molecular complexity index is 550. The van der Waals surface area contributed by atoms with Gasteiger partial charge in [0, 0.05) is 0 Å². The normalized spacial score (nSPS) is 15.4. The quantitative estimate of drug-likeness (QED) is 0.362. The molecule has 0 aliphatic heterocycles. The molecule has 0 unspecified atom stereocenters. The van der Waals surface area contributed by atoms with Crippen molar-refractivity contribution in [3.63, 3.8) is 0 Å². The fraction of sp³-hybridized carbons (Fsp3) is 0.789. The summed E-state index contributed by atoms with van der Waals surface area (Å²) in [6.45, 7) is 10.7. The van der Waals surface area contributed by atoms with E-state index in [9.17, 15) is 19.2 Å². The van der Waals surface area contributed by atoms with Gasteiger partial charge >= 0.3 is 5.97 Å². The molecule has 0 rings (SSSR count). The van der Waals surface area contributed by atoms with E-state index in [1.54, 1.807) is 0 Å². The van der Waals surface area contributed by atoms with E-state index in [4.69, 9.17) is 5.73 Å². The predicted molar refractivity (Wildman–Crippen MR) is 106 cm³/mol. The highest BCUT2D eigenvalue weighted by atomic mass is 16.5. The number of ether oxygens (including phenoxy) is 1. The molecule has 28 heavy (non-hydrogen) atoms. The topological polar surface area (TPSA) is 140 Å². The van der Waals surface area contributed by atoms with Gasteiger partial charge in [-0.1, -0.05) is 27.7 Å². The first-order valence-electron chi connectivity index (χ1n) is 9.63. The Balaban J connectivity index is 4.93. The minimum absolute atomic E-state index is 0.119. The lowest BCUT2D eigenvalue weighted by Gasteiger charge is -2.24. The molecule has 162 valence electrons. The highest BCUT2D eigenvalue weighted by Crippen LogP contribution is 2.07. The van der Waals surface area contributed by atoms with Crippen LogP contribution in [0.4, 0.5) is 0 Å². The highest BCUT2D eigenvalue weighted by molar-refractivity contribution is 5.93. The Kier molecular flexibility index (Phi) is 11.4. The minimum atomic E-state index is -0.855. The zero-order valence-electron chi connectivity index (χ0n) is 18.0. The van der Waals surface area contributed by atoms with E-state index < -0.39 is 47.9 Å². The standard InChI is InChI=1S/C19H36N4O5/c1-10(2)8-14(20)17(25)21-12(5)16(24)23-15(9-11(3)4)18(26)22-13(6)19(27)28-7/h10-15H,8-9,20H2,1-7H3,(H,21,25)(H,22,26)(H,23,24)/t12-,13-,14-,15-/m0/s1. The van der Waals surface area contributed by atoms with Crippen molar-refractivity contribution in [2.45, 2.75) is 78.6 Å². The van der Waals surface area contributed by atoms with Crippen LogP contribution in [0.15, 0.2) is 0 Å². The van der Waals surface area contributed by atoms with Gasteiger partial charge in [0.2, 0.25) is 17.7 Å². The molecule has 0 heterocycles. The minimum Gasteiger partial charge on any atom is -0.467 e. The van der Waals surface area contributed by atoms with Crippen LogP contribution in [-0.4, -0.2) is 55.0 Å². The van der Waals surface area contributed by atoms with E-state index >= 15 is 0 Å². The van der Waals surface area contributed by atoms with Gasteiger partial charge in [0.25, 0.3) is 0 Å². The van der Waals surface area contributed by atoms with Crippen LogP contribution < -0.4 is 21.7 Å². The van der Waals surface area contributed by atoms with Crippen molar-refractivity contribution < 1.29 is 23.9 Å². The summed E-state index contributed by atoms with van der Waals surface area (Å²) in [6, 6.07) is -3.24. The smallest absolute Gasteiger partial charge is 0.328 e. The summed E-state index contributed by atoms with van der Waals surface area (Å²) in [7, 11) is 1.23. The van der Waals surface area contributed by atoms with Crippen LogP contribution in [0.2, 0.25) is 0 Å². The lowest BCUT2D eigenvalue weighted by Crippen LogP contribution is -2.56. The molecule has 0 saturated heterocycles. The summed E-state index contributed by atoms with van der Waals surface area (Å²) in [5.41, 5.74) is 5.83. The molecule has 0 aromatic carbocycles. The average molecular weight is 401 g/mol. The number of carbonyl (C=O) groups is 4. The fourth-order valence-electron chi connectivity index (χ4n) is 2.55. The largest absolute Gasteiger partial charge is 0.467 e. The second-order valence-electron chi connectivity index (χ2n) is 7.91. The summed E-state index contributed by atoms with van der Waals surface area (Å²) in [5, 5.41) is 7.73. The van der Waals surface area contributed by atoms with Crippen molar-refractivity contribution in [1.29, 1.82) is 0 Å². The third-order valence-corrected chi connectivity index (χ3v) is 4.07. The molecule has 0 bridgehead atoms. The van der Waals surface area contributed by atoms with Gasteiger partial charge in [-0.15, -0.1) is 0 Å². The van der Waals surface area contributed by atoms with Crippen LogP contribution >= 0.6 is 0 Å². The number of hydrogen-bond donors (Lipinski definition) is 4. The van der Waals surface area contributed by atoms with E-state index in [0.29, 0.717) is 12.8 Å². The number of amides is 3. The number of carbonyl (C=O) groups excluding carboxylic acids is 4. The lowest BCUT2D eigenvalue weighted by molar-refractivity contribution is -0.145. The van der Waals surface area contributed by atoms with Crippen molar-refractivity contribution >= 4 is 23.7 Å². The summed E-state index contributed by atoms with van der Waals surface area (Å²) >= 11 is 0. The Morgan fingerprint density at radius 1 is 0.750 bits per heavy atom. The molecule has 0 saturated carbocycles. The first kappa shape index (κ1) is 25.8. The Hall–Kier alpha value is -2.16.